The van der Waals surface area contributed by atoms with Crippen molar-refractivity contribution in [1.82, 2.24) is 4.98 Å². The van der Waals surface area contributed by atoms with Crippen molar-refractivity contribution < 1.29 is 9.66 Å². The Kier molecular flexibility index (Phi) is 3.23. The average Bonchev–Trinajstić information content (AvgIpc) is 2.22. The summed E-state index contributed by atoms with van der Waals surface area (Å²) in [7, 11) is 1.70. The fraction of sp³-hybridized carbons (Fsp3) is 0.545. The molecule has 0 atom stereocenters. The molecule has 92 valence electrons. The van der Waals surface area contributed by atoms with E-state index in [0.29, 0.717) is 23.7 Å². The average molecular weight is 237 g/mol. The van der Waals surface area contributed by atoms with Crippen molar-refractivity contribution in [1.29, 1.82) is 0 Å². The van der Waals surface area contributed by atoms with Crippen molar-refractivity contribution in [3.05, 3.63) is 27.9 Å². The molecule has 0 saturated heterocycles. The van der Waals surface area contributed by atoms with Crippen LogP contribution in [-0.2, 0) is 4.74 Å². The Morgan fingerprint density at radius 3 is 2.76 bits per heavy atom. The van der Waals surface area contributed by atoms with Gasteiger partial charge in [0.1, 0.15) is 11.5 Å². The first-order chi connectivity index (χ1) is 8.10. The number of aromatic nitrogens is 1. The summed E-state index contributed by atoms with van der Waals surface area (Å²) in [6, 6.07) is 3.48. The van der Waals surface area contributed by atoms with Gasteiger partial charge in [0.2, 0.25) is 0 Å². The van der Waals surface area contributed by atoms with Crippen LogP contribution in [0.1, 0.15) is 18.5 Å². The predicted octanol–water partition coefficient (Wildman–Crippen LogP) is 1.89. The summed E-state index contributed by atoms with van der Waals surface area (Å²) in [5.41, 5.74) is 0.488. The molecule has 1 saturated carbocycles. The quantitative estimate of drug-likeness (QED) is 0.639. The van der Waals surface area contributed by atoms with Crippen LogP contribution in [0.4, 0.5) is 11.5 Å². The van der Waals surface area contributed by atoms with Gasteiger partial charge in [-0.2, -0.15) is 0 Å². The Morgan fingerprint density at radius 1 is 1.53 bits per heavy atom. The molecule has 0 aromatic carbocycles. The number of anilines is 1. The Hall–Kier alpha value is -1.69. The summed E-state index contributed by atoms with van der Waals surface area (Å²) < 4.78 is 5.18. The van der Waals surface area contributed by atoms with Crippen LogP contribution in [0.2, 0.25) is 0 Å². The fourth-order valence-electron chi connectivity index (χ4n) is 1.91. The number of nitrogens with one attached hydrogen (secondary N) is 1. The topological polar surface area (TPSA) is 77.3 Å². The van der Waals surface area contributed by atoms with Crippen LogP contribution in [0, 0.1) is 17.0 Å². The van der Waals surface area contributed by atoms with E-state index in [1.807, 2.05) is 0 Å². The van der Waals surface area contributed by atoms with Gasteiger partial charge >= 0.3 is 0 Å². The van der Waals surface area contributed by atoms with E-state index in [1.165, 1.54) is 6.07 Å². The highest BCUT2D eigenvalue weighted by Gasteiger charge is 2.29. The molecule has 1 aromatic heterocycles. The second kappa shape index (κ2) is 4.67. The molecule has 1 aromatic rings. The van der Waals surface area contributed by atoms with E-state index >= 15 is 0 Å². The number of ether oxygens (including phenoxy) is 1. The third kappa shape index (κ3) is 2.52. The van der Waals surface area contributed by atoms with Crippen LogP contribution in [0.3, 0.4) is 0 Å². The van der Waals surface area contributed by atoms with Gasteiger partial charge in [-0.15, -0.1) is 0 Å². The lowest BCUT2D eigenvalue weighted by Gasteiger charge is -2.34. The molecule has 0 amide bonds. The van der Waals surface area contributed by atoms with Gasteiger partial charge < -0.3 is 10.1 Å². The summed E-state index contributed by atoms with van der Waals surface area (Å²) in [5.74, 6) is 0.688. The Labute approximate surface area is 99.2 Å². The van der Waals surface area contributed by atoms with Gasteiger partial charge in [0, 0.05) is 19.2 Å². The minimum absolute atomic E-state index is 0.0546. The minimum atomic E-state index is -0.420. The minimum Gasteiger partial charge on any atom is -0.381 e. The molecule has 1 heterocycles. The Bertz CT molecular complexity index is 430. The molecule has 1 aliphatic rings. The van der Waals surface area contributed by atoms with Crippen LogP contribution in [0.25, 0.3) is 0 Å². The highest BCUT2D eigenvalue weighted by Crippen LogP contribution is 2.26. The van der Waals surface area contributed by atoms with E-state index in [-0.39, 0.29) is 5.69 Å². The molecule has 1 aliphatic carbocycles. The summed E-state index contributed by atoms with van der Waals surface area (Å²) >= 11 is 0. The van der Waals surface area contributed by atoms with Gasteiger partial charge in [-0.1, -0.05) is 0 Å². The van der Waals surface area contributed by atoms with Crippen molar-refractivity contribution in [3.8, 4) is 0 Å². The van der Waals surface area contributed by atoms with Crippen molar-refractivity contribution in [3.63, 3.8) is 0 Å². The lowest BCUT2D eigenvalue weighted by atomic mass is 9.89. The highest BCUT2D eigenvalue weighted by atomic mass is 16.6. The molecule has 1 fully saturated rings. The Balaban J connectivity index is 1.99. The van der Waals surface area contributed by atoms with Crippen molar-refractivity contribution in [2.75, 3.05) is 12.4 Å². The molecule has 0 bridgehead atoms. The molecular weight excluding hydrogens is 222 g/mol. The van der Waals surface area contributed by atoms with Crippen LogP contribution >= 0.6 is 0 Å². The van der Waals surface area contributed by atoms with E-state index in [0.717, 1.165) is 12.8 Å². The zero-order valence-electron chi connectivity index (χ0n) is 9.84. The summed E-state index contributed by atoms with van der Waals surface area (Å²) in [6.07, 6.45) is 2.23. The van der Waals surface area contributed by atoms with Gasteiger partial charge in [0.05, 0.1) is 11.0 Å². The molecule has 0 unspecified atom stereocenters. The first-order valence-electron chi connectivity index (χ1n) is 5.51. The van der Waals surface area contributed by atoms with Crippen LogP contribution in [0.15, 0.2) is 12.1 Å². The van der Waals surface area contributed by atoms with E-state index < -0.39 is 4.92 Å². The zero-order chi connectivity index (χ0) is 12.4. The molecule has 0 radical (unpaired) electrons. The molecular formula is C11H15N3O3. The van der Waals surface area contributed by atoms with Crippen LogP contribution in [0.5, 0.6) is 0 Å². The zero-order valence-corrected chi connectivity index (χ0v) is 9.84. The third-order valence-electron chi connectivity index (χ3n) is 3.03. The number of nitro groups is 1. The van der Waals surface area contributed by atoms with Gasteiger partial charge in [-0.3, -0.25) is 10.1 Å². The standard InChI is InChI=1S/C11H15N3O3/c1-7-10(14(15)16)3-4-11(12-7)13-8-5-9(6-8)17-2/h3-4,8-9H,5-6H2,1-2H3,(H,12,13). The first kappa shape index (κ1) is 11.8. The van der Waals surface area contributed by atoms with Gasteiger partial charge in [-0.05, 0) is 25.8 Å². The maximum Gasteiger partial charge on any atom is 0.290 e. The van der Waals surface area contributed by atoms with E-state index in [4.69, 9.17) is 4.74 Å². The van der Waals surface area contributed by atoms with Crippen molar-refractivity contribution >= 4 is 11.5 Å². The molecule has 17 heavy (non-hydrogen) atoms. The van der Waals surface area contributed by atoms with Crippen LogP contribution in [-0.4, -0.2) is 29.2 Å². The second-order valence-corrected chi connectivity index (χ2v) is 4.23. The summed E-state index contributed by atoms with van der Waals surface area (Å²) in [6.45, 7) is 1.64. The smallest absolute Gasteiger partial charge is 0.290 e. The molecule has 0 aliphatic heterocycles. The number of nitrogens with zero attached hydrogens (tertiary/aromatic N) is 2. The predicted molar refractivity (Wildman–Crippen MR) is 63.1 cm³/mol. The number of methoxy groups -OCH3 is 1. The molecule has 0 spiro atoms. The van der Waals surface area contributed by atoms with E-state index in [1.54, 1.807) is 20.1 Å². The normalized spacial score (nSPS) is 22.9. The van der Waals surface area contributed by atoms with Crippen molar-refractivity contribution in [2.24, 2.45) is 0 Å². The molecule has 6 heteroatoms. The third-order valence-corrected chi connectivity index (χ3v) is 3.03. The maximum absolute atomic E-state index is 10.6. The second-order valence-electron chi connectivity index (χ2n) is 4.23. The van der Waals surface area contributed by atoms with Crippen LogP contribution < -0.4 is 5.32 Å². The summed E-state index contributed by atoms with van der Waals surface area (Å²) in [4.78, 5) is 14.4. The molecule has 6 nitrogen and oxygen atoms in total. The van der Waals surface area contributed by atoms with Gasteiger partial charge in [0.25, 0.3) is 5.69 Å². The number of pyridine rings is 1. The lowest BCUT2D eigenvalue weighted by molar-refractivity contribution is -0.385. The number of hydrogen-bond donors (Lipinski definition) is 1. The fourth-order valence-corrected chi connectivity index (χ4v) is 1.91. The Morgan fingerprint density at radius 2 is 2.24 bits per heavy atom. The number of rotatable bonds is 4. The number of hydrogen-bond acceptors (Lipinski definition) is 5. The van der Waals surface area contributed by atoms with Gasteiger partial charge in [0.15, 0.2) is 0 Å². The summed E-state index contributed by atoms with van der Waals surface area (Å²) in [5, 5.41) is 13.9. The molecule has 1 N–H and O–H groups in total. The monoisotopic (exact) mass is 237 g/mol. The SMILES string of the molecule is COC1CC(Nc2ccc([N+](=O)[O-])c(C)n2)C1. The highest BCUT2D eigenvalue weighted by molar-refractivity contribution is 5.45. The molecule has 2 rings (SSSR count). The largest absolute Gasteiger partial charge is 0.381 e. The number of aryl methyl sites for hydroxylation is 1. The maximum atomic E-state index is 10.6. The van der Waals surface area contributed by atoms with Gasteiger partial charge in [-0.25, -0.2) is 4.98 Å². The van der Waals surface area contributed by atoms with E-state index in [2.05, 4.69) is 10.3 Å². The lowest BCUT2D eigenvalue weighted by Crippen LogP contribution is -2.40. The first-order valence-corrected chi connectivity index (χ1v) is 5.51. The van der Waals surface area contributed by atoms with Crippen molar-refractivity contribution in [2.45, 2.75) is 31.9 Å². The van der Waals surface area contributed by atoms with E-state index in [9.17, 15) is 10.1 Å².